The van der Waals surface area contributed by atoms with Crippen LogP contribution in [-0.4, -0.2) is 75.2 Å². The molecule has 9 heteroatoms. The lowest BCUT2D eigenvalue weighted by Gasteiger charge is -2.31. The van der Waals surface area contributed by atoms with Crippen molar-refractivity contribution in [2.24, 2.45) is 0 Å². The van der Waals surface area contributed by atoms with Crippen molar-refractivity contribution < 1.29 is 24.2 Å². The van der Waals surface area contributed by atoms with Gasteiger partial charge in [0.25, 0.3) is 0 Å². The molecule has 1 heterocycles. The molecule has 1 saturated heterocycles. The third kappa shape index (κ3) is 10.1. The summed E-state index contributed by atoms with van der Waals surface area (Å²) in [5, 5.41) is 29.0. The Labute approximate surface area is 286 Å². The van der Waals surface area contributed by atoms with E-state index in [9.17, 15) is 9.90 Å². The first-order chi connectivity index (χ1) is 23.2. The SMILES string of the molecule is CC(C)(C)c1ccc([Si](Oc2ccccc2OCC(O)CNCCc2ccc(NC3CCN(C(=O)O)CC3)cc2)c2ccccc2)cc1. The number of ether oxygens (including phenoxy) is 1. The standard InChI is InChI=1S/C39H48N3O5Si/c1-39(2,3)30-15-19-35(20-16-30)48(34-9-5-4-6-10-34)47-37-12-8-7-11-36(37)46-28-33(43)27-40-24-21-29-13-17-31(18-14-29)41-32-22-25-42(26-23-32)38(44)45/h4-20,32-33,40-41,43H,21-28H2,1-3H3,(H,44,45). The molecule has 5 rings (SSSR count). The Morgan fingerprint density at radius 2 is 1.50 bits per heavy atom. The topological polar surface area (TPSA) is 103 Å². The van der Waals surface area contributed by atoms with Gasteiger partial charge in [0.05, 0.1) is 0 Å². The molecular weight excluding hydrogens is 619 g/mol. The summed E-state index contributed by atoms with van der Waals surface area (Å²) in [6.07, 6.45) is 0.937. The molecule has 1 atom stereocenters. The predicted molar refractivity (Wildman–Crippen MR) is 194 cm³/mol. The van der Waals surface area contributed by atoms with Gasteiger partial charge in [-0.3, -0.25) is 0 Å². The highest BCUT2D eigenvalue weighted by Gasteiger charge is 2.25. The Morgan fingerprint density at radius 3 is 2.15 bits per heavy atom. The highest BCUT2D eigenvalue weighted by molar-refractivity contribution is 6.80. The lowest BCUT2D eigenvalue weighted by atomic mass is 9.87. The smallest absolute Gasteiger partial charge is 0.407 e. The van der Waals surface area contributed by atoms with Gasteiger partial charge in [0.1, 0.15) is 18.5 Å². The zero-order valence-corrected chi connectivity index (χ0v) is 29.2. The highest BCUT2D eigenvalue weighted by Crippen LogP contribution is 2.28. The van der Waals surface area contributed by atoms with Crippen LogP contribution < -0.4 is 30.2 Å². The van der Waals surface area contributed by atoms with Crippen molar-refractivity contribution in [3.05, 3.63) is 114 Å². The molecule has 0 aromatic heterocycles. The van der Waals surface area contributed by atoms with Crippen LogP contribution in [0.15, 0.2) is 103 Å². The monoisotopic (exact) mass is 666 g/mol. The number of aliphatic hydroxyl groups is 1. The Balaban J connectivity index is 1.09. The van der Waals surface area contributed by atoms with Gasteiger partial charge in [0, 0.05) is 31.4 Å². The van der Waals surface area contributed by atoms with Crippen LogP contribution in [-0.2, 0) is 11.8 Å². The van der Waals surface area contributed by atoms with Crippen molar-refractivity contribution in [2.45, 2.75) is 57.6 Å². The van der Waals surface area contributed by atoms with Crippen LogP contribution in [0.25, 0.3) is 0 Å². The summed E-state index contributed by atoms with van der Waals surface area (Å²) in [5.41, 5.74) is 3.61. The van der Waals surface area contributed by atoms with Crippen LogP contribution in [0, 0.1) is 0 Å². The third-order valence-electron chi connectivity index (χ3n) is 8.60. The number of likely N-dealkylation sites (tertiary alicyclic amines) is 1. The first kappa shape index (κ1) is 35.0. The number of nitrogens with zero attached hydrogens (tertiary/aromatic N) is 1. The largest absolute Gasteiger partial charge is 0.530 e. The highest BCUT2D eigenvalue weighted by atomic mass is 28.3. The second-order valence-electron chi connectivity index (χ2n) is 13.4. The summed E-state index contributed by atoms with van der Waals surface area (Å²) in [6.45, 7) is 9.08. The molecule has 8 nitrogen and oxygen atoms in total. The van der Waals surface area contributed by atoms with Gasteiger partial charge in [-0.1, -0.05) is 99.6 Å². The van der Waals surface area contributed by atoms with Crippen molar-refractivity contribution in [3.63, 3.8) is 0 Å². The molecule has 0 bridgehead atoms. The molecule has 1 aliphatic heterocycles. The minimum Gasteiger partial charge on any atom is -0.530 e. The Morgan fingerprint density at radius 1 is 0.875 bits per heavy atom. The maximum absolute atomic E-state index is 11.1. The van der Waals surface area contributed by atoms with Crippen molar-refractivity contribution in [3.8, 4) is 11.5 Å². The van der Waals surface area contributed by atoms with Crippen molar-refractivity contribution >= 4 is 31.2 Å². The molecule has 4 aromatic carbocycles. The van der Waals surface area contributed by atoms with Gasteiger partial charge in [0.15, 0.2) is 5.75 Å². The van der Waals surface area contributed by atoms with Gasteiger partial charge in [0.2, 0.25) is 0 Å². The van der Waals surface area contributed by atoms with Crippen molar-refractivity contribution in [1.82, 2.24) is 10.2 Å². The van der Waals surface area contributed by atoms with Crippen LogP contribution in [0.4, 0.5) is 10.5 Å². The number of para-hydroxylation sites is 2. The Hall–Kier alpha value is -4.31. The van der Waals surface area contributed by atoms with E-state index in [0.29, 0.717) is 31.1 Å². The van der Waals surface area contributed by atoms with Gasteiger partial charge in [-0.2, -0.15) is 0 Å². The summed E-state index contributed by atoms with van der Waals surface area (Å²) in [5.74, 6) is 1.28. The fraction of sp³-hybridized carbons (Fsp3) is 0.359. The van der Waals surface area contributed by atoms with Crippen molar-refractivity contribution in [1.29, 1.82) is 0 Å². The van der Waals surface area contributed by atoms with Crippen LogP contribution in [0.2, 0.25) is 0 Å². The van der Waals surface area contributed by atoms with Gasteiger partial charge in [-0.15, -0.1) is 0 Å². The number of benzene rings is 4. The van der Waals surface area contributed by atoms with Crippen LogP contribution in [0.3, 0.4) is 0 Å². The molecule has 1 fully saturated rings. The van der Waals surface area contributed by atoms with Gasteiger partial charge < -0.3 is 34.9 Å². The molecule has 1 amide bonds. The number of amides is 1. The number of rotatable bonds is 14. The van der Waals surface area contributed by atoms with Crippen LogP contribution >= 0.6 is 0 Å². The molecule has 0 spiro atoms. The van der Waals surface area contributed by atoms with E-state index in [1.54, 1.807) is 0 Å². The summed E-state index contributed by atoms with van der Waals surface area (Å²) in [4.78, 5) is 12.6. The molecule has 1 radical (unpaired) electrons. The van der Waals surface area contributed by atoms with Crippen molar-refractivity contribution in [2.75, 3.05) is 38.1 Å². The van der Waals surface area contributed by atoms with E-state index in [2.05, 4.69) is 92.1 Å². The van der Waals surface area contributed by atoms with Gasteiger partial charge in [-0.25, -0.2) is 4.79 Å². The molecule has 1 unspecified atom stereocenters. The van der Waals surface area contributed by atoms with E-state index in [4.69, 9.17) is 14.3 Å². The fourth-order valence-electron chi connectivity index (χ4n) is 5.72. The zero-order valence-electron chi connectivity index (χ0n) is 28.2. The third-order valence-corrected chi connectivity index (χ3v) is 10.7. The first-order valence-electron chi connectivity index (χ1n) is 16.8. The molecule has 253 valence electrons. The second kappa shape index (κ2) is 16.7. The Bertz CT molecular complexity index is 1570. The van der Waals surface area contributed by atoms with E-state index >= 15 is 0 Å². The minimum atomic E-state index is -1.61. The molecule has 4 N–H and O–H groups in total. The number of hydrogen-bond donors (Lipinski definition) is 4. The van der Waals surface area contributed by atoms with E-state index in [1.807, 2.05) is 42.5 Å². The maximum atomic E-state index is 11.1. The van der Waals surface area contributed by atoms with Crippen LogP contribution in [0.1, 0.15) is 44.7 Å². The summed E-state index contributed by atoms with van der Waals surface area (Å²) in [6, 6.07) is 35.4. The first-order valence-corrected chi connectivity index (χ1v) is 18.2. The molecule has 4 aromatic rings. The quantitative estimate of drug-likeness (QED) is 0.107. The number of anilines is 1. The van der Waals surface area contributed by atoms with E-state index in [1.165, 1.54) is 16.0 Å². The lowest BCUT2D eigenvalue weighted by molar-refractivity contribution is 0.105. The molecule has 0 saturated carbocycles. The lowest BCUT2D eigenvalue weighted by Crippen LogP contribution is -2.47. The average Bonchev–Trinajstić information content (AvgIpc) is 3.09. The number of carboxylic acid groups (broad SMARTS) is 1. The average molecular weight is 667 g/mol. The minimum absolute atomic E-state index is 0.0738. The number of piperidine rings is 1. The summed E-state index contributed by atoms with van der Waals surface area (Å²) in [7, 11) is -1.61. The number of hydrogen-bond acceptors (Lipinski definition) is 6. The van der Waals surface area contributed by atoms with Crippen LogP contribution in [0.5, 0.6) is 11.5 Å². The molecule has 1 aliphatic rings. The summed E-state index contributed by atoms with van der Waals surface area (Å²) >= 11 is 0. The van der Waals surface area contributed by atoms with E-state index in [0.717, 1.165) is 41.9 Å². The fourth-order valence-corrected chi connectivity index (χ4v) is 7.65. The zero-order chi connectivity index (χ0) is 33.9. The summed E-state index contributed by atoms with van der Waals surface area (Å²) < 4.78 is 12.8. The molecule has 0 aliphatic carbocycles. The Kier molecular flexibility index (Phi) is 12.2. The predicted octanol–water partition coefficient (Wildman–Crippen LogP) is 5.30. The van der Waals surface area contributed by atoms with Gasteiger partial charge in [-0.05, 0) is 77.0 Å². The number of aliphatic hydroxyl groups excluding tert-OH is 1. The number of carbonyl (C=O) groups is 1. The number of nitrogens with one attached hydrogen (secondary N) is 2. The van der Waals surface area contributed by atoms with Gasteiger partial charge >= 0.3 is 15.1 Å². The normalized spacial score (nSPS) is 14.5. The second-order valence-corrected chi connectivity index (χ2v) is 15.4. The molecule has 48 heavy (non-hydrogen) atoms. The maximum Gasteiger partial charge on any atom is 0.407 e. The molecular formula is C39H48N3O5Si. The van der Waals surface area contributed by atoms with E-state index < -0.39 is 21.2 Å². The van der Waals surface area contributed by atoms with E-state index in [-0.39, 0.29) is 18.1 Å².